The van der Waals surface area contributed by atoms with Crippen LogP contribution in [-0.4, -0.2) is 82.1 Å². The van der Waals surface area contributed by atoms with Crippen LogP contribution < -0.4 is 21.3 Å². The van der Waals surface area contributed by atoms with E-state index in [0.717, 1.165) is 4.86 Å². The summed E-state index contributed by atoms with van der Waals surface area (Å²) in [5, 5.41) is 24.0. The molecule has 226 valence electrons. The van der Waals surface area contributed by atoms with E-state index in [4.69, 9.17) is 0 Å². The fourth-order valence-corrected chi connectivity index (χ4v) is 7.83. The Morgan fingerprint density at radius 1 is 1.17 bits per heavy atom. The number of piperidine rings is 1. The summed E-state index contributed by atoms with van der Waals surface area (Å²) in [6.07, 6.45) is 1.14. The minimum Gasteiger partial charge on any atom is -0.355 e. The van der Waals surface area contributed by atoms with Crippen LogP contribution in [0.4, 0.5) is 0 Å². The Morgan fingerprint density at radius 3 is 2.37 bits per heavy atom. The number of nitrogens with one attached hydrogen (secondary N) is 4. The zero-order chi connectivity index (χ0) is 30.8. The molecule has 4 rings (SSSR count). The number of fused-ring (bicyclic) bond motifs is 1. The molecule has 3 fully saturated rings. The van der Waals surface area contributed by atoms with Gasteiger partial charge in [-0.05, 0) is 36.0 Å². The molecule has 4 amide bonds. The van der Waals surface area contributed by atoms with Crippen LogP contribution in [0.15, 0.2) is 0 Å². The highest BCUT2D eigenvalue weighted by Gasteiger charge is 2.75. The number of hydrogen-bond donors (Lipinski definition) is 4. The molecular formula is C30H46N6O4S. The number of amides is 4. The minimum absolute atomic E-state index is 0.0221. The first-order valence-electron chi connectivity index (χ1n) is 14.5. The van der Waals surface area contributed by atoms with Crippen molar-refractivity contribution in [1.82, 2.24) is 26.2 Å². The van der Waals surface area contributed by atoms with E-state index in [0.29, 0.717) is 32.5 Å². The van der Waals surface area contributed by atoms with Gasteiger partial charge in [0.1, 0.15) is 12.1 Å². The van der Waals surface area contributed by atoms with E-state index >= 15 is 0 Å². The monoisotopic (exact) mass is 586 g/mol. The second-order valence-corrected chi connectivity index (χ2v) is 16.0. The molecule has 10 nitrogen and oxygen atoms in total. The van der Waals surface area contributed by atoms with Crippen molar-refractivity contribution in [3.63, 3.8) is 0 Å². The molecule has 4 aliphatic rings. The molecular weight excluding hydrogens is 540 g/mol. The third-order valence-electron chi connectivity index (χ3n) is 9.60. The predicted molar refractivity (Wildman–Crippen MR) is 161 cm³/mol. The van der Waals surface area contributed by atoms with Crippen molar-refractivity contribution in [2.24, 2.45) is 27.6 Å². The summed E-state index contributed by atoms with van der Waals surface area (Å²) in [7, 11) is 1.38. The van der Waals surface area contributed by atoms with Gasteiger partial charge in [-0.25, -0.2) is 0 Å². The number of hydrogen-bond acceptors (Lipinski definition) is 6. The van der Waals surface area contributed by atoms with Gasteiger partial charge < -0.3 is 20.9 Å². The molecule has 11 heteroatoms. The van der Waals surface area contributed by atoms with Crippen molar-refractivity contribution in [3.8, 4) is 6.07 Å². The Balaban J connectivity index is 1.42. The maximum Gasteiger partial charge on any atom is 0.245 e. The summed E-state index contributed by atoms with van der Waals surface area (Å²) in [6.45, 7) is 19.0. The quantitative estimate of drug-likeness (QED) is 0.332. The van der Waals surface area contributed by atoms with Gasteiger partial charge in [0.05, 0.1) is 17.5 Å². The topological polar surface area (TPSA) is 143 Å². The maximum absolute atomic E-state index is 13.8. The minimum atomic E-state index is -0.804. The number of carbonyl (C=O) groups excluding carboxylic acids is 4. The van der Waals surface area contributed by atoms with Crippen LogP contribution in [0.25, 0.3) is 0 Å². The summed E-state index contributed by atoms with van der Waals surface area (Å²) < 4.78 is 0. The fourth-order valence-electron chi connectivity index (χ4n) is 6.56. The van der Waals surface area contributed by atoms with Crippen LogP contribution in [-0.2, 0) is 19.2 Å². The fraction of sp³-hybridized carbons (Fsp3) is 0.767. The summed E-state index contributed by atoms with van der Waals surface area (Å²) in [6, 6.07) is 0.113. The van der Waals surface area contributed by atoms with Gasteiger partial charge in [-0.3, -0.25) is 24.5 Å². The van der Waals surface area contributed by atoms with E-state index < -0.39 is 39.9 Å². The molecule has 0 radical (unpaired) electrons. The summed E-state index contributed by atoms with van der Waals surface area (Å²) in [5.74, 6) is -0.457. The predicted octanol–water partition coefficient (Wildman–Crippen LogP) is 1.40. The molecule has 4 N–H and O–H groups in total. The van der Waals surface area contributed by atoms with Crippen molar-refractivity contribution < 1.29 is 19.2 Å². The van der Waals surface area contributed by atoms with Gasteiger partial charge in [0.15, 0.2) is 0 Å². The molecule has 6 atom stereocenters. The van der Waals surface area contributed by atoms with E-state index in [1.165, 1.54) is 10.9 Å². The Kier molecular flexibility index (Phi) is 7.79. The Labute approximate surface area is 247 Å². The van der Waals surface area contributed by atoms with Crippen LogP contribution in [0.3, 0.4) is 0 Å². The van der Waals surface area contributed by atoms with Crippen LogP contribution in [0.1, 0.15) is 75.2 Å². The van der Waals surface area contributed by atoms with Crippen molar-refractivity contribution in [2.45, 2.75) is 98.8 Å². The third kappa shape index (κ3) is 5.45. The lowest BCUT2D eigenvalue weighted by Gasteiger charge is -2.37. The first kappa shape index (κ1) is 31.2. The van der Waals surface area contributed by atoms with Gasteiger partial charge in [-0.2, -0.15) is 16.2 Å². The highest BCUT2D eigenvalue weighted by atomic mass is 32.1. The second-order valence-electron chi connectivity index (χ2n) is 15.0. The van der Waals surface area contributed by atoms with E-state index in [1.54, 1.807) is 6.92 Å². The zero-order valence-corrected chi connectivity index (χ0v) is 26.7. The van der Waals surface area contributed by atoms with Crippen molar-refractivity contribution in [2.75, 3.05) is 19.6 Å². The lowest BCUT2D eigenvalue weighted by molar-refractivity contribution is -0.141. The lowest BCUT2D eigenvalue weighted by Crippen LogP contribution is -2.59. The Bertz CT molecular complexity index is 1270. The molecule has 2 unspecified atom stereocenters. The van der Waals surface area contributed by atoms with E-state index in [2.05, 4.69) is 41.2 Å². The van der Waals surface area contributed by atoms with Crippen molar-refractivity contribution in [3.05, 3.63) is 0 Å². The van der Waals surface area contributed by atoms with Gasteiger partial charge in [0, 0.05) is 41.4 Å². The number of likely N-dealkylation sites (tertiary alicyclic amines) is 1. The SMILES string of the molecule is C[C@@H](N[C@@]12CN(C(=O)[C@@H](NC(=O)C(C)(C)C)C(C)(C)C)CC1C2(C)C)C(=O)N[C@H](C#N)C1=S=CC2(CCNC2=O)C1. The van der Waals surface area contributed by atoms with E-state index in [-0.39, 0.29) is 35.0 Å². The van der Waals surface area contributed by atoms with Crippen LogP contribution in [0.5, 0.6) is 0 Å². The van der Waals surface area contributed by atoms with E-state index in [9.17, 15) is 24.4 Å². The zero-order valence-electron chi connectivity index (χ0n) is 25.9. The van der Waals surface area contributed by atoms with Gasteiger partial charge in [0.25, 0.3) is 0 Å². The van der Waals surface area contributed by atoms with Gasteiger partial charge >= 0.3 is 0 Å². The summed E-state index contributed by atoms with van der Waals surface area (Å²) in [5.41, 5.74) is -2.28. The van der Waals surface area contributed by atoms with Crippen molar-refractivity contribution in [1.29, 1.82) is 5.26 Å². The number of nitriles is 1. The van der Waals surface area contributed by atoms with Crippen LogP contribution in [0, 0.1) is 38.9 Å². The molecule has 3 aliphatic heterocycles. The number of rotatable bonds is 7. The first-order chi connectivity index (χ1) is 18.8. The van der Waals surface area contributed by atoms with E-state index in [1.807, 2.05) is 51.8 Å². The van der Waals surface area contributed by atoms with Gasteiger partial charge in [0.2, 0.25) is 23.6 Å². The molecule has 1 spiro atoms. The maximum atomic E-state index is 13.8. The molecule has 3 heterocycles. The smallest absolute Gasteiger partial charge is 0.245 e. The molecule has 0 aromatic carbocycles. The van der Waals surface area contributed by atoms with Crippen LogP contribution >= 0.6 is 10.9 Å². The highest BCUT2D eigenvalue weighted by Crippen LogP contribution is 2.65. The summed E-state index contributed by atoms with van der Waals surface area (Å²) in [4.78, 5) is 54.8. The first-order valence-corrected chi connectivity index (χ1v) is 15.4. The van der Waals surface area contributed by atoms with Gasteiger partial charge in [-0.15, -0.1) is 0 Å². The largest absolute Gasteiger partial charge is 0.355 e. The van der Waals surface area contributed by atoms with Crippen molar-refractivity contribution >= 4 is 44.8 Å². The summed E-state index contributed by atoms with van der Waals surface area (Å²) >= 11 is 0. The van der Waals surface area contributed by atoms with Crippen LogP contribution in [0.2, 0.25) is 0 Å². The highest BCUT2D eigenvalue weighted by molar-refractivity contribution is 7.97. The Morgan fingerprint density at radius 2 is 1.83 bits per heavy atom. The molecule has 0 aromatic heterocycles. The normalized spacial score (nSPS) is 30.3. The third-order valence-corrected chi connectivity index (χ3v) is 10.8. The molecule has 0 aromatic rings. The lowest BCUT2D eigenvalue weighted by atomic mass is 9.83. The number of nitrogens with zero attached hydrogens (tertiary/aromatic N) is 2. The molecule has 41 heavy (non-hydrogen) atoms. The average Bonchev–Trinajstić information content (AvgIpc) is 3.40. The van der Waals surface area contributed by atoms with Gasteiger partial charge in [-0.1, -0.05) is 55.4 Å². The standard InChI is InChI=1S/C30H46N6O4S/c1-17(22(37)33-18(13-31)19-12-29(16-41-19)10-11-32-25(29)40)35-30-15-36(14-20(30)28(30,8)9)23(38)21(26(2,3)4)34-24(39)27(5,6)7/h16-18,20-21,35H,10-12,14-15H2,1-9H3,(H,32,40)(H,33,37)(H,34,39)/t17-,18-,20?,21-,29?,30+/m1/s1. The number of carbonyl (C=O) groups is 4. The molecule has 1 saturated carbocycles. The molecule has 1 aliphatic carbocycles. The average molecular weight is 587 g/mol. The molecule has 0 bridgehead atoms. The second kappa shape index (κ2) is 10.2. The Hall–Kier alpha value is -2.71. The molecule has 2 saturated heterocycles.